The number of carbonyl (C=O) groups excluding carboxylic acids is 1. The third-order valence-electron chi connectivity index (χ3n) is 3.10. The van der Waals surface area contributed by atoms with E-state index in [9.17, 15) is 19.8 Å². The quantitative estimate of drug-likeness (QED) is 0.180. The number of amides is 1. The highest BCUT2D eigenvalue weighted by Gasteiger charge is 2.43. The summed E-state index contributed by atoms with van der Waals surface area (Å²) in [7, 11) is 0. The van der Waals surface area contributed by atoms with E-state index in [1.807, 2.05) is 0 Å². The molecule has 0 bridgehead atoms. The van der Waals surface area contributed by atoms with Gasteiger partial charge in [-0.05, 0) is 6.08 Å². The van der Waals surface area contributed by atoms with Gasteiger partial charge in [0.25, 0.3) is 0 Å². The van der Waals surface area contributed by atoms with Crippen molar-refractivity contribution < 1.29 is 40.2 Å². The van der Waals surface area contributed by atoms with Gasteiger partial charge in [-0.3, -0.25) is 4.79 Å². The van der Waals surface area contributed by atoms with Crippen LogP contribution in [-0.2, 0) is 14.3 Å². The van der Waals surface area contributed by atoms with E-state index < -0.39 is 54.6 Å². The van der Waals surface area contributed by atoms with Crippen molar-refractivity contribution in [3.05, 3.63) is 11.8 Å². The van der Waals surface area contributed by atoms with Gasteiger partial charge >= 0.3 is 5.97 Å². The number of carbonyl (C=O) groups is 2. The molecule has 24 heavy (non-hydrogen) atoms. The lowest BCUT2D eigenvalue weighted by Crippen LogP contribution is -2.59. The van der Waals surface area contributed by atoms with E-state index >= 15 is 0 Å². The van der Waals surface area contributed by atoms with E-state index in [-0.39, 0.29) is 11.4 Å². The molecular formula is C12H22N4O8. The SMILES string of the molecule is CC(=O)N[C@H]1C([C@H](O)[C@H](O)CO)OC(C(=O)O)=C[C@@H]1N=C(N)N.O. The monoisotopic (exact) mass is 350 g/mol. The second-order valence-electron chi connectivity index (χ2n) is 4.93. The first-order valence-corrected chi connectivity index (χ1v) is 6.62. The molecule has 11 N–H and O–H groups in total. The molecule has 1 amide bonds. The zero-order chi connectivity index (χ0) is 17.7. The minimum atomic E-state index is -1.70. The first-order chi connectivity index (χ1) is 10.7. The Morgan fingerprint density at radius 1 is 1.42 bits per heavy atom. The third-order valence-corrected chi connectivity index (χ3v) is 3.10. The van der Waals surface area contributed by atoms with Crippen LogP contribution in [0.3, 0.4) is 0 Å². The molecule has 5 atom stereocenters. The second kappa shape index (κ2) is 9.02. The number of hydrogen-bond donors (Lipinski definition) is 7. The van der Waals surface area contributed by atoms with Crippen LogP contribution in [0.2, 0.25) is 0 Å². The number of carboxylic acids is 1. The van der Waals surface area contributed by atoms with Gasteiger partial charge in [-0.15, -0.1) is 0 Å². The van der Waals surface area contributed by atoms with Crippen LogP contribution in [0, 0.1) is 0 Å². The number of nitrogens with zero attached hydrogens (tertiary/aromatic N) is 1. The predicted molar refractivity (Wildman–Crippen MR) is 80.5 cm³/mol. The number of nitrogens with two attached hydrogens (primary N) is 2. The number of nitrogens with one attached hydrogen (secondary N) is 1. The molecule has 0 aromatic heterocycles. The fourth-order valence-corrected chi connectivity index (χ4v) is 2.14. The number of aliphatic hydroxyl groups is 3. The molecule has 0 saturated heterocycles. The molecule has 1 unspecified atom stereocenters. The third kappa shape index (κ3) is 5.34. The molecule has 1 aliphatic rings. The number of aliphatic imine (C=N–C) groups is 1. The largest absolute Gasteiger partial charge is 0.478 e. The molecule has 138 valence electrons. The molecule has 0 radical (unpaired) electrons. The van der Waals surface area contributed by atoms with Gasteiger partial charge in [-0.1, -0.05) is 0 Å². The summed E-state index contributed by atoms with van der Waals surface area (Å²) in [5, 5.41) is 40.1. The van der Waals surface area contributed by atoms with Crippen molar-refractivity contribution in [1.29, 1.82) is 0 Å². The Morgan fingerprint density at radius 3 is 2.42 bits per heavy atom. The standard InChI is InChI=1S/C12H20N4O7.H2O/c1-4(18)15-8-5(16-12(13)14)2-7(11(21)22)23-10(8)9(20)6(19)3-17;/h2,5-6,8-10,17,19-20H,3H2,1H3,(H,15,18)(H,21,22)(H4,13,14,16);1H2/t5-,6+,8+,9+,10?;/m0./s1. The van der Waals surface area contributed by atoms with E-state index in [0.29, 0.717) is 0 Å². The summed E-state index contributed by atoms with van der Waals surface area (Å²) in [4.78, 5) is 26.3. The first-order valence-electron chi connectivity index (χ1n) is 6.62. The van der Waals surface area contributed by atoms with Gasteiger partial charge in [-0.25, -0.2) is 9.79 Å². The Bertz CT molecular complexity index is 519. The molecular weight excluding hydrogens is 328 g/mol. The predicted octanol–water partition coefficient (Wildman–Crippen LogP) is -4.61. The maximum absolute atomic E-state index is 11.4. The van der Waals surface area contributed by atoms with E-state index in [0.717, 1.165) is 6.08 Å². The van der Waals surface area contributed by atoms with E-state index in [1.165, 1.54) is 6.92 Å². The Hall–Kier alpha value is -2.41. The van der Waals surface area contributed by atoms with Crippen molar-refractivity contribution in [2.45, 2.75) is 37.3 Å². The van der Waals surface area contributed by atoms with Gasteiger partial charge in [0.05, 0.1) is 18.7 Å². The van der Waals surface area contributed by atoms with Gasteiger partial charge in [0.15, 0.2) is 5.96 Å². The first kappa shape index (κ1) is 21.6. The molecule has 0 saturated carbocycles. The van der Waals surface area contributed by atoms with Crippen LogP contribution in [0.5, 0.6) is 0 Å². The van der Waals surface area contributed by atoms with Crippen molar-refractivity contribution in [1.82, 2.24) is 5.32 Å². The zero-order valence-electron chi connectivity index (χ0n) is 12.8. The highest BCUT2D eigenvalue weighted by Crippen LogP contribution is 2.24. The number of guanidine groups is 1. The van der Waals surface area contributed by atoms with Crippen LogP contribution in [0.1, 0.15) is 6.92 Å². The fraction of sp³-hybridized carbons (Fsp3) is 0.583. The molecule has 12 heteroatoms. The van der Waals surface area contributed by atoms with Gasteiger partial charge in [0.2, 0.25) is 11.7 Å². The summed E-state index contributed by atoms with van der Waals surface area (Å²) < 4.78 is 5.13. The molecule has 0 fully saturated rings. The number of aliphatic hydroxyl groups excluding tert-OH is 3. The van der Waals surface area contributed by atoms with Crippen LogP contribution >= 0.6 is 0 Å². The molecule has 0 aromatic carbocycles. The van der Waals surface area contributed by atoms with Crippen molar-refractivity contribution in [3.63, 3.8) is 0 Å². The Kier molecular flexibility index (Phi) is 8.12. The molecule has 0 aliphatic carbocycles. The van der Waals surface area contributed by atoms with Crippen LogP contribution in [-0.4, -0.2) is 80.7 Å². The Morgan fingerprint density at radius 2 is 2.00 bits per heavy atom. The number of carboxylic acid groups (broad SMARTS) is 1. The van der Waals surface area contributed by atoms with Gasteiger partial charge in [0.1, 0.15) is 18.3 Å². The number of hydrogen-bond acceptors (Lipinski definition) is 7. The van der Waals surface area contributed by atoms with E-state index in [4.69, 9.17) is 26.4 Å². The summed E-state index contributed by atoms with van der Waals surface area (Å²) in [5.74, 6) is -2.89. The van der Waals surface area contributed by atoms with E-state index in [1.54, 1.807) is 0 Å². The minimum absolute atomic E-state index is 0. The Balaban J connectivity index is 0.00000529. The molecule has 0 aromatic rings. The van der Waals surface area contributed by atoms with Crippen molar-refractivity contribution >= 4 is 17.8 Å². The van der Waals surface area contributed by atoms with Gasteiger partial charge < -0.3 is 47.4 Å². The normalized spacial score (nSPS) is 25.2. The number of rotatable bonds is 6. The Labute approximate surface area is 136 Å². The van der Waals surface area contributed by atoms with E-state index in [2.05, 4.69) is 10.3 Å². The smallest absolute Gasteiger partial charge is 0.370 e. The lowest BCUT2D eigenvalue weighted by atomic mass is 9.92. The summed E-state index contributed by atoms with van der Waals surface area (Å²) >= 11 is 0. The van der Waals surface area contributed by atoms with Gasteiger partial charge in [0, 0.05) is 6.92 Å². The molecule has 0 spiro atoms. The molecule has 12 nitrogen and oxygen atoms in total. The molecule has 1 heterocycles. The molecule has 1 aliphatic heterocycles. The highest BCUT2D eigenvalue weighted by atomic mass is 16.5. The summed E-state index contributed by atoms with van der Waals surface area (Å²) in [6, 6.07) is -2.11. The minimum Gasteiger partial charge on any atom is -0.478 e. The summed E-state index contributed by atoms with van der Waals surface area (Å²) in [5.41, 5.74) is 10.6. The fourth-order valence-electron chi connectivity index (χ4n) is 2.14. The lowest BCUT2D eigenvalue weighted by Gasteiger charge is -2.38. The second-order valence-corrected chi connectivity index (χ2v) is 4.93. The zero-order valence-corrected chi connectivity index (χ0v) is 12.8. The van der Waals surface area contributed by atoms with Crippen LogP contribution in [0.4, 0.5) is 0 Å². The average Bonchev–Trinajstić information content (AvgIpc) is 2.45. The van der Waals surface area contributed by atoms with Crippen molar-refractivity contribution in [2.24, 2.45) is 16.5 Å². The maximum atomic E-state index is 11.4. The maximum Gasteiger partial charge on any atom is 0.370 e. The summed E-state index contributed by atoms with van der Waals surface area (Å²) in [6.07, 6.45) is -3.65. The topological polar surface area (TPSA) is 232 Å². The number of aliphatic carboxylic acids is 1. The van der Waals surface area contributed by atoms with Crippen molar-refractivity contribution in [2.75, 3.05) is 6.61 Å². The summed E-state index contributed by atoms with van der Waals surface area (Å²) in [6.45, 7) is 0.391. The van der Waals surface area contributed by atoms with Crippen LogP contribution < -0.4 is 16.8 Å². The van der Waals surface area contributed by atoms with Crippen LogP contribution in [0.15, 0.2) is 16.8 Å². The highest BCUT2D eigenvalue weighted by molar-refractivity contribution is 5.85. The molecule has 1 rings (SSSR count). The van der Waals surface area contributed by atoms with Gasteiger partial charge in [-0.2, -0.15) is 0 Å². The van der Waals surface area contributed by atoms with Crippen LogP contribution in [0.25, 0.3) is 0 Å². The lowest BCUT2D eigenvalue weighted by molar-refractivity contribution is -0.145. The van der Waals surface area contributed by atoms with Crippen molar-refractivity contribution in [3.8, 4) is 0 Å². The average molecular weight is 350 g/mol. The number of ether oxygens (including phenoxy) is 1.